The summed E-state index contributed by atoms with van der Waals surface area (Å²) in [5, 5.41) is 4.61. The number of carbonyl (C=O) groups excluding carboxylic acids is 1. The number of para-hydroxylation sites is 1. The number of nitrogens with zero attached hydrogens (tertiary/aromatic N) is 4. The molecule has 0 radical (unpaired) electrons. The molecule has 0 saturated carbocycles. The van der Waals surface area contributed by atoms with Crippen LogP contribution in [0.1, 0.15) is 30.0 Å². The van der Waals surface area contributed by atoms with E-state index in [1.54, 1.807) is 54.1 Å². The molecule has 42 heavy (non-hydrogen) atoms. The highest BCUT2D eigenvalue weighted by molar-refractivity contribution is 9.10. The monoisotopic (exact) mass is 677 g/mol. The Morgan fingerprint density at radius 1 is 1.14 bits per heavy atom. The predicted octanol–water partition coefficient (Wildman–Crippen LogP) is 6.13. The van der Waals surface area contributed by atoms with E-state index in [0.29, 0.717) is 51.8 Å². The normalized spacial score (nSPS) is 15.0. The maximum atomic E-state index is 13.9. The number of fused-ring (bicyclic) bond motifs is 1. The van der Waals surface area contributed by atoms with Crippen LogP contribution in [0.5, 0.6) is 0 Å². The van der Waals surface area contributed by atoms with Crippen molar-refractivity contribution in [2.45, 2.75) is 30.1 Å². The number of anilines is 1. The molecule has 0 bridgehead atoms. The van der Waals surface area contributed by atoms with Crippen LogP contribution in [-0.4, -0.2) is 20.4 Å². The molecule has 4 heterocycles. The van der Waals surface area contributed by atoms with Gasteiger partial charge in [0.2, 0.25) is 0 Å². The van der Waals surface area contributed by atoms with Crippen molar-refractivity contribution in [3.05, 3.63) is 130 Å². The summed E-state index contributed by atoms with van der Waals surface area (Å²) in [6.07, 6.45) is 3.37. The number of rotatable bonds is 6. The van der Waals surface area contributed by atoms with Crippen molar-refractivity contribution in [2.75, 3.05) is 5.32 Å². The number of aromatic nitrogens is 3. The Hall–Kier alpha value is -3.77. The molecule has 12 heteroatoms. The lowest BCUT2D eigenvalue weighted by Crippen LogP contribution is -2.40. The van der Waals surface area contributed by atoms with Crippen LogP contribution in [0.4, 0.5) is 5.69 Å². The number of hydrogen-bond donors (Lipinski definition) is 1. The van der Waals surface area contributed by atoms with Crippen molar-refractivity contribution in [3.8, 4) is 0 Å². The third-order valence-electron chi connectivity index (χ3n) is 6.39. The first-order valence-corrected chi connectivity index (χ1v) is 15.5. The third-order valence-corrected chi connectivity index (χ3v) is 9.34. The summed E-state index contributed by atoms with van der Waals surface area (Å²) < 4.78 is 8.72. The van der Waals surface area contributed by atoms with Gasteiger partial charge in [0.1, 0.15) is 5.76 Å². The van der Waals surface area contributed by atoms with Gasteiger partial charge in [0.25, 0.3) is 11.5 Å². The van der Waals surface area contributed by atoms with Crippen LogP contribution in [0.15, 0.2) is 113 Å². The average molecular weight is 679 g/mol. The number of thiazole rings is 1. The van der Waals surface area contributed by atoms with Gasteiger partial charge in [-0.15, -0.1) is 0 Å². The molecule has 1 aliphatic rings. The fourth-order valence-electron chi connectivity index (χ4n) is 4.49. The third kappa shape index (κ3) is 5.78. The second kappa shape index (κ2) is 11.8. The molecule has 1 N–H and O–H groups in total. The summed E-state index contributed by atoms with van der Waals surface area (Å²) in [5.74, 6) is 0.134. The topological polar surface area (TPSA) is 102 Å². The molecule has 5 aromatic rings. The van der Waals surface area contributed by atoms with Gasteiger partial charge in [0, 0.05) is 28.7 Å². The van der Waals surface area contributed by atoms with Crippen LogP contribution >= 0.6 is 50.6 Å². The first-order valence-electron chi connectivity index (χ1n) is 12.7. The molecule has 1 aliphatic heterocycles. The zero-order valence-electron chi connectivity index (χ0n) is 22.2. The molecule has 210 valence electrons. The molecule has 6 rings (SSSR count). The molecule has 0 fully saturated rings. The molecule has 8 nitrogen and oxygen atoms in total. The molecule has 0 unspecified atom stereocenters. The van der Waals surface area contributed by atoms with Crippen molar-refractivity contribution in [3.63, 3.8) is 0 Å². The van der Waals surface area contributed by atoms with E-state index in [2.05, 4.69) is 36.2 Å². The first-order chi connectivity index (χ1) is 20.3. The van der Waals surface area contributed by atoms with Gasteiger partial charge in [-0.05, 0) is 83.5 Å². The largest absolute Gasteiger partial charge is 0.449 e. The second-order valence-electron chi connectivity index (χ2n) is 9.32. The summed E-state index contributed by atoms with van der Waals surface area (Å²) in [5.41, 5.74) is 2.82. The fourth-order valence-corrected chi connectivity index (χ4v) is 6.95. The summed E-state index contributed by atoms with van der Waals surface area (Å²) >= 11 is 12.2. The number of halogens is 2. The Labute approximate surface area is 261 Å². The number of carbonyl (C=O) groups is 1. The zero-order chi connectivity index (χ0) is 29.4. The molecule has 0 aliphatic carbocycles. The van der Waals surface area contributed by atoms with Gasteiger partial charge in [0.05, 0.1) is 26.3 Å². The Bertz CT molecular complexity index is 2040. The summed E-state index contributed by atoms with van der Waals surface area (Å²) in [7, 11) is 0. The Balaban J connectivity index is 1.42. The molecule has 0 spiro atoms. The highest BCUT2D eigenvalue weighted by atomic mass is 79.9. The second-order valence-corrected chi connectivity index (χ2v) is 12.6. The number of furan rings is 1. The van der Waals surface area contributed by atoms with Crippen LogP contribution in [0.3, 0.4) is 0 Å². The van der Waals surface area contributed by atoms with E-state index < -0.39 is 6.04 Å². The Morgan fingerprint density at radius 3 is 2.64 bits per heavy atom. The lowest BCUT2D eigenvalue weighted by molar-refractivity contribution is -0.113. The van der Waals surface area contributed by atoms with E-state index in [1.807, 2.05) is 43.3 Å². The molecule has 0 saturated heterocycles. The van der Waals surface area contributed by atoms with Crippen LogP contribution in [-0.2, 0) is 4.79 Å². The lowest BCUT2D eigenvalue weighted by Gasteiger charge is -2.25. The van der Waals surface area contributed by atoms with Gasteiger partial charge in [-0.1, -0.05) is 53.3 Å². The minimum absolute atomic E-state index is 0.292. The van der Waals surface area contributed by atoms with Crippen LogP contribution in [0, 0.1) is 6.92 Å². The molecular formula is C30H21BrClN5O3S2. The van der Waals surface area contributed by atoms with Crippen LogP contribution in [0.25, 0.3) is 6.08 Å². The minimum atomic E-state index is -0.711. The fraction of sp³-hybridized carbons (Fsp3) is 0.100. The standard InChI is InChI=1S/C30H21BrClN5O3S2/c1-16-12-13-33-29(34-16)42-28-22(31)14-21(40-28)15-23-27(39)37-25(18-8-10-19(32)11-9-18)24(17(2)35-30(37)41-23)26(38)36-20-6-4-3-5-7-20/h3-15,25H,1-2H3,(H,36,38)/b23-15+/t25-/m1/s1. The number of amides is 1. The van der Waals surface area contributed by atoms with E-state index in [4.69, 9.17) is 16.0 Å². The summed E-state index contributed by atoms with van der Waals surface area (Å²) in [6, 6.07) is 19.2. The summed E-state index contributed by atoms with van der Waals surface area (Å²) in [4.78, 5) is 41.4. The average Bonchev–Trinajstić information content (AvgIpc) is 3.46. The van der Waals surface area contributed by atoms with Gasteiger partial charge in [-0.2, -0.15) is 0 Å². The number of benzene rings is 2. The number of hydrogen-bond acceptors (Lipinski definition) is 8. The van der Waals surface area contributed by atoms with E-state index >= 15 is 0 Å². The van der Waals surface area contributed by atoms with Crippen molar-refractivity contribution < 1.29 is 9.21 Å². The maximum absolute atomic E-state index is 13.9. The molecule has 3 aromatic heterocycles. The molecule has 1 atom stereocenters. The van der Waals surface area contributed by atoms with Crippen molar-refractivity contribution in [2.24, 2.45) is 4.99 Å². The van der Waals surface area contributed by atoms with Gasteiger partial charge in [-0.25, -0.2) is 15.0 Å². The highest BCUT2D eigenvalue weighted by Gasteiger charge is 2.32. The zero-order valence-corrected chi connectivity index (χ0v) is 26.1. The van der Waals surface area contributed by atoms with Gasteiger partial charge in [-0.3, -0.25) is 14.2 Å². The van der Waals surface area contributed by atoms with E-state index in [0.717, 1.165) is 11.3 Å². The van der Waals surface area contributed by atoms with Crippen LogP contribution < -0.4 is 20.2 Å². The maximum Gasteiger partial charge on any atom is 0.271 e. The quantitative estimate of drug-likeness (QED) is 0.217. The highest BCUT2D eigenvalue weighted by Crippen LogP contribution is 2.35. The number of allylic oxidation sites excluding steroid dienone is 1. The first kappa shape index (κ1) is 28.4. The van der Waals surface area contributed by atoms with Crippen molar-refractivity contribution in [1.29, 1.82) is 0 Å². The number of nitrogens with one attached hydrogen (secondary N) is 1. The molecular weight excluding hydrogens is 658 g/mol. The Morgan fingerprint density at radius 2 is 1.90 bits per heavy atom. The Kier molecular flexibility index (Phi) is 8.00. The predicted molar refractivity (Wildman–Crippen MR) is 168 cm³/mol. The molecule has 1 amide bonds. The van der Waals surface area contributed by atoms with Crippen molar-refractivity contribution in [1.82, 2.24) is 14.5 Å². The minimum Gasteiger partial charge on any atom is -0.449 e. The number of aryl methyl sites for hydroxylation is 1. The van der Waals surface area contributed by atoms with Gasteiger partial charge >= 0.3 is 0 Å². The lowest BCUT2D eigenvalue weighted by atomic mass is 9.95. The van der Waals surface area contributed by atoms with Gasteiger partial charge < -0.3 is 9.73 Å². The smallest absolute Gasteiger partial charge is 0.271 e. The van der Waals surface area contributed by atoms with E-state index in [-0.39, 0.29) is 11.5 Å². The van der Waals surface area contributed by atoms with Crippen molar-refractivity contribution >= 4 is 68.3 Å². The summed E-state index contributed by atoms with van der Waals surface area (Å²) in [6.45, 7) is 3.67. The molecule has 2 aromatic carbocycles. The van der Waals surface area contributed by atoms with E-state index in [1.165, 1.54) is 23.1 Å². The van der Waals surface area contributed by atoms with Crippen LogP contribution in [0.2, 0.25) is 5.02 Å². The van der Waals surface area contributed by atoms with Gasteiger partial charge in [0.15, 0.2) is 15.1 Å². The SMILES string of the molecule is CC1=C(C(=O)Nc2ccccc2)[C@@H](c2ccc(Cl)cc2)n2c(s/c(=C/c3cc(Br)c(Sc4nccc(C)n4)o3)c2=O)=N1. The van der Waals surface area contributed by atoms with E-state index in [9.17, 15) is 9.59 Å².